The predicted molar refractivity (Wildman–Crippen MR) is 71.6 cm³/mol. The van der Waals surface area contributed by atoms with Gasteiger partial charge in [0, 0.05) is 12.0 Å². The van der Waals surface area contributed by atoms with Gasteiger partial charge in [-0.05, 0) is 42.3 Å². The Morgan fingerprint density at radius 3 is 2.62 bits per heavy atom. The normalized spacial score (nSPS) is 12.5. The minimum atomic E-state index is -0.900. The number of hydrogen-bond donors (Lipinski definition) is 0. The molecule has 1 heterocycles. The molecule has 21 heavy (non-hydrogen) atoms. The van der Waals surface area contributed by atoms with Gasteiger partial charge in [0.2, 0.25) is 6.79 Å². The van der Waals surface area contributed by atoms with Crippen LogP contribution in [-0.2, 0) is 6.42 Å². The maximum Gasteiger partial charge on any atom is 0.231 e. The smallest absolute Gasteiger partial charge is 0.231 e. The fourth-order valence-corrected chi connectivity index (χ4v) is 2.17. The standard InChI is InChI=1S/C16H12F2O3/c17-12-4-1-10(7-13(12)18)2-5-14(19)11-3-6-15-16(8-11)21-9-20-15/h1,3-4,6-8H,2,5,9H2. The largest absolute Gasteiger partial charge is 0.454 e. The highest BCUT2D eigenvalue weighted by Gasteiger charge is 2.16. The van der Waals surface area contributed by atoms with Crippen molar-refractivity contribution in [3.05, 3.63) is 59.2 Å². The second-order valence-electron chi connectivity index (χ2n) is 4.74. The summed E-state index contributed by atoms with van der Waals surface area (Å²) in [6, 6.07) is 8.65. The summed E-state index contributed by atoms with van der Waals surface area (Å²) >= 11 is 0. The summed E-state index contributed by atoms with van der Waals surface area (Å²) in [5, 5.41) is 0. The van der Waals surface area contributed by atoms with Crippen LogP contribution in [0.3, 0.4) is 0 Å². The predicted octanol–water partition coefficient (Wildman–Crippen LogP) is 3.51. The zero-order chi connectivity index (χ0) is 14.8. The SMILES string of the molecule is O=C(CCc1ccc(F)c(F)c1)c1ccc2c(c1)OCO2. The third kappa shape index (κ3) is 2.86. The molecular formula is C16H12F2O3. The molecule has 108 valence electrons. The van der Waals surface area contributed by atoms with E-state index in [2.05, 4.69) is 0 Å². The highest BCUT2D eigenvalue weighted by atomic mass is 19.2. The van der Waals surface area contributed by atoms with Crippen molar-refractivity contribution in [1.29, 1.82) is 0 Å². The van der Waals surface area contributed by atoms with Crippen LogP contribution in [-0.4, -0.2) is 12.6 Å². The second kappa shape index (κ2) is 5.52. The minimum absolute atomic E-state index is 0.0852. The number of fused-ring (bicyclic) bond motifs is 1. The van der Waals surface area contributed by atoms with Crippen LogP contribution in [0.2, 0.25) is 0 Å². The van der Waals surface area contributed by atoms with Gasteiger partial charge in [-0.1, -0.05) is 6.07 Å². The Morgan fingerprint density at radius 1 is 1.00 bits per heavy atom. The monoisotopic (exact) mass is 290 g/mol. The van der Waals surface area contributed by atoms with E-state index in [4.69, 9.17) is 9.47 Å². The number of halogens is 2. The Kier molecular flexibility index (Phi) is 3.56. The van der Waals surface area contributed by atoms with Crippen LogP contribution < -0.4 is 9.47 Å². The molecule has 2 aromatic rings. The van der Waals surface area contributed by atoms with E-state index >= 15 is 0 Å². The Hall–Kier alpha value is -2.43. The molecule has 3 rings (SSSR count). The molecule has 0 unspecified atom stereocenters. The zero-order valence-corrected chi connectivity index (χ0v) is 11.1. The summed E-state index contributed by atoms with van der Waals surface area (Å²) in [4.78, 5) is 12.1. The van der Waals surface area contributed by atoms with Gasteiger partial charge in [0.15, 0.2) is 28.9 Å². The van der Waals surface area contributed by atoms with E-state index in [1.807, 2.05) is 0 Å². The molecule has 0 saturated carbocycles. The molecule has 5 heteroatoms. The molecule has 2 aromatic carbocycles. The lowest BCUT2D eigenvalue weighted by Crippen LogP contribution is -2.01. The topological polar surface area (TPSA) is 35.5 Å². The molecule has 0 atom stereocenters. The summed E-state index contributed by atoms with van der Waals surface area (Å²) < 4.78 is 36.3. The van der Waals surface area contributed by atoms with Crippen LogP contribution in [0, 0.1) is 11.6 Å². The van der Waals surface area contributed by atoms with Crippen LogP contribution in [0.4, 0.5) is 8.78 Å². The van der Waals surface area contributed by atoms with E-state index in [-0.39, 0.29) is 19.0 Å². The zero-order valence-electron chi connectivity index (χ0n) is 11.1. The van der Waals surface area contributed by atoms with Crippen molar-refractivity contribution in [2.45, 2.75) is 12.8 Å². The van der Waals surface area contributed by atoms with Crippen molar-refractivity contribution < 1.29 is 23.0 Å². The summed E-state index contributed by atoms with van der Waals surface area (Å²) in [6.45, 7) is 0.155. The second-order valence-corrected chi connectivity index (χ2v) is 4.74. The third-order valence-electron chi connectivity index (χ3n) is 3.32. The number of benzene rings is 2. The molecule has 0 N–H and O–H groups in total. The molecule has 1 aliphatic heterocycles. The Balaban J connectivity index is 1.67. The number of rotatable bonds is 4. The molecule has 0 bridgehead atoms. The molecule has 0 amide bonds. The Bertz CT molecular complexity index is 698. The highest BCUT2D eigenvalue weighted by Crippen LogP contribution is 2.32. The molecule has 3 nitrogen and oxygen atoms in total. The van der Waals surface area contributed by atoms with Gasteiger partial charge in [-0.3, -0.25) is 4.79 Å². The van der Waals surface area contributed by atoms with E-state index in [9.17, 15) is 13.6 Å². The molecule has 0 saturated heterocycles. The third-order valence-corrected chi connectivity index (χ3v) is 3.32. The fourth-order valence-electron chi connectivity index (χ4n) is 2.17. The van der Waals surface area contributed by atoms with Gasteiger partial charge in [-0.15, -0.1) is 0 Å². The average Bonchev–Trinajstić information content (AvgIpc) is 2.95. The van der Waals surface area contributed by atoms with Crippen LogP contribution in [0.1, 0.15) is 22.3 Å². The van der Waals surface area contributed by atoms with Crippen LogP contribution >= 0.6 is 0 Å². The first-order valence-electron chi connectivity index (χ1n) is 6.50. The van der Waals surface area contributed by atoms with Crippen LogP contribution in [0.15, 0.2) is 36.4 Å². The van der Waals surface area contributed by atoms with Crippen molar-refractivity contribution in [1.82, 2.24) is 0 Å². The van der Waals surface area contributed by atoms with E-state index in [0.29, 0.717) is 29.0 Å². The molecule has 0 fully saturated rings. The first-order chi connectivity index (χ1) is 10.1. The number of carbonyl (C=O) groups excluding carboxylic acids is 1. The first kappa shape index (κ1) is 13.5. The summed E-state index contributed by atoms with van der Waals surface area (Å²) in [7, 11) is 0. The van der Waals surface area contributed by atoms with Crippen molar-refractivity contribution in [3.8, 4) is 11.5 Å². The lowest BCUT2D eigenvalue weighted by Gasteiger charge is -2.04. The maximum absolute atomic E-state index is 13.1. The molecule has 0 radical (unpaired) electrons. The maximum atomic E-state index is 13.1. The van der Waals surface area contributed by atoms with Crippen molar-refractivity contribution in [2.75, 3.05) is 6.79 Å². The van der Waals surface area contributed by atoms with Gasteiger partial charge in [-0.2, -0.15) is 0 Å². The average molecular weight is 290 g/mol. The van der Waals surface area contributed by atoms with Gasteiger partial charge >= 0.3 is 0 Å². The van der Waals surface area contributed by atoms with Gasteiger partial charge in [-0.25, -0.2) is 8.78 Å². The summed E-state index contributed by atoms with van der Waals surface area (Å²) in [5.41, 5.74) is 1.10. The van der Waals surface area contributed by atoms with E-state index in [1.54, 1.807) is 18.2 Å². The first-order valence-corrected chi connectivity index (χ1v) is 6.50. The number of ether oxygens (including phenoxy) is 2. The lowest BCUT2D eigenvalue weighted by molar-refractivity contribution is 0.0982. The van der Waals surface area contributed by atoms with Gasteiger partial charge in [0.05, 0.1) is 0 Å². The van der Waals surface area contributed by atoms with Gasteiger partial charge in [0.25, 0.3) is 0 Å². The molecule has 0 aliphatic carbocycles. The quantitative estimate of drug-likeness (QED) is 0.808. The molecule has 1 aliphatic rings. The number of aryl methyl sites for hydroxylation is 1. The van der Waals surface area contributed by atoms with Crippen molar-refractivity contribution >= 4 is 5.78 Å². The van der Waals surface area contributed by atoms with Crippen LogP contribution in [0.25, 0.3) is 0 Å². The van der Waals surface area contributed by atoms with E-state index in [1.165, 1.54) is 6.07 Å². The highest BCUT2D eigenvalue weighted by molar-refractivity contribution is 5.96. The summed E-state index contributed by atoms with van der Waals surface area (Å²) in [5.74, 6) is -0.706. The number of carbonyl (C=O) groups is 1. The molecule has 0 aromatic heterocycles. The molecule has 0 spiro atoms. The molecular weight excluding hydrogens is 278 g/mol. The Morgan fingerprint density at radius 2 is 1.81 bits per heavy atom. The number of ketones is 1. The minimum Gasteiger partial charge on any atom is -0.454 e. The lowest BCUT2D eigenvalue weighted by atomic mass is 10.0. The van der Waals surface area contributed by atoms with E-state index < -0.39 is 11.6 Å². The van der Waals surface area contributed by atoms with Crippen molar-refractivity contribution in [2.24, 2.45) is 0 Å². The number of Topliss-reactive ketones (excluding diaryl/α,β-unsaturated/α-hetero) is 1. The van der Waals surface area contributed by atoms with Crippen LogP contribution in [0.5, 0.6) is 11.5 Å². The Labute approximate surface area is 120 Å². The van der Waals surface area contributed by atoms with Gasteiger partial charge in [0.1, 0.15) is 0 Å². The summed E-state index contributed by atoms with van der Waals surface area (Å²) in [6.07, 6.45) is 0.565. The van der Waals surface area contributed by atoms with E-state index in [0.717, 1.165) is 12.1 Å². The van der Waals surface area contributed by atoms with Gasteiger partial charge < -0.3 is 9.47 Å². The van der Waals surface area contributed by atoms with Crippen molar-refractivity contribution in [3.63, 3.8) is 0 Å². The fraction of sp³-hybridized carbons (Fsp3) is 0.188. The number of hydrogen-bond acceptors (Lipinski definition) is 3.